The molecule has 7 heteroatoms. The van der Waals surface area contributed by atoms with Crippen molar-refractivity contribution >= 4 is 17.3 Å². The zero-order chi connectivity index (χ0) is 13.1. The van der Waals surface area contributed by atoms with Crippen LogP contribution in [0.25, 0.3) is 0 Å². The minimum absolute atomic E-state index is 0.0162. The molecule has 17 heavy (non-hydrogen) atoms. The smallest absolute Gasteiger partial charge is 0.319 e. The molecular formula is C10H11ClF4N2. The molecule has 3 N–H and O–H groups in total. The van der Waals surface area contributed by atoms with E-state index in [1.165, 1.54) is 12.1 Å². The van der Waals surface area contributed by atoms with Crippen molar-refractivity contribution in [3.05, 3.63) is 28.8 Å². The van der Waals surface area contributed by atoms with E-state index < -0.39 is 18.9 Å². The second-order valence-electron chi connectivity index (χ2n) is 3.52. The van der Waals surface area contributed by atoms with E-state index in [4.69, 9.17) is 17.3 Å². The van der Waals surface area contributed by atoms with E-state index in [-0.39, 0.29) is 6.54 Å². The highest BCUT2D eigenvalue weighted by Gasteiger charge is 2.39. The topological polar surface area (TPSA) is 38.0 Å². The number of rotatable bonds is 5. The molecule has 0 bridgehead atoms. The van der Waals surface area contributed by atoms with Crippen molar-refractivity contribution in [3.63, 3.8) is 0 Å². The molecule has 2 nitrogen and oxygen atoms in total. The van der Waals surface area contributed by atoms with Crippen LogP contribution in [-0.2, 0) is 6.54 Å². The van der Waals surface area contributed by atoms with Gasteiger partial charge in [0.1, 0.15) is 0 Å². The molecule has 0 heterocycles. The average molecular weight is 271 g/mol. The lowest BCUT2D eigenvalue weighted by Gasteiger charge is -2.15. The molecular weight excluding hydrogens is 260 g/mol. The summed E-state index contributed by atoms with van der Waals surface area (Å²) in [6.45, 7) is -1.07. The first kappa shape index (κ1) is 14.1. The molecule has 0 amide bonds. The molecule has 1 rings (SSSR count). The summed E-state index contributed by atoms with van der Waals surface area (Å²) >= 11 is 5.71. The van der Waals surface area contributed by atoms with Crippen molar-refractivity contribution in [2.24, 2.45) is 0 Å². The Morgan fingerprint density at radius 2 is 2.00 bits per heavy atom. The molecule has 1 aromatic rings. The van der Waals surface area contributed by atoms with Gasteiger partial charge in [-0.3, -0.25) is 0 Å². The predicted octanol–water partition coefficient (Wildman–Crippen LogP) is 2.91. The molecule has 0 unspecified atom stereocenters. The van der Waals surface area contributed by atoms with Crippen LogP contribution in [0.3, 0.4) is 0 Å². The van der Waals surface area contributed by atoms with E-state index in [0.717, 1.165) is 0 Å². The number of halogens is 5. The highest BCUT2D eigenvalue weighted by Crippen LogP contribution is 2.22. The predicted molar refractivity (Wildman–Crippen MR) is 58.5 cm³/mol. The number of alkyl halides is 4. The summed E-state index contributed by atoms with van der Waals surface area (Å²) in [5.74, 6) is -4.03. The Labute approximate surface area is 101 Å². The molecule has 0 atom stereocenters. The molecule has 0 aliphatic rings. The van der Waals surface area contributed by atoms with Crippen LogP contribution in [-0.4, -0.2) is 18.9 Å². The lowest BCUT2D eigenvalue weighted by molar-refractivity contribution is -0.125. The van der Waals surface area contributed by atoms with Crippen molar-refractivity contribution in [3.8, 4) is 0 Å². The third kappa shape index (κ3) is 4.05. The summed E-state index contributed by atoms with van der Waals surface area (Å²) in [6, 6.07) is 4.59. The second kappa shape index (κ2) is 5.55. The van der Waals surface area contributed by atoms with Crippen LogP contribution >= 0.6 is 11.6 Å². The maximum absolute atomic E-state index is 12.5. The van der Waals surface area contributed by atoms with Crippen LogP contribution in [0.5, 0.6) is 0 Å². The Hall–Kier alpha value is -1.01. The Morgan fingerprint density at radius 1 is 1.35 bits per heavy atom. The molecule has 1 aromatic carbocycles. The van der Waals surface area contributed by atoms with Gasteiger partial charge < -0.3 is 11.1 Å². The highest BCUT2D eigenvalue weighted by molar-refractivity contribution is 6.33. The largest absolute Gasteiger partial charge is 0.398 e. The van der Waals surface area contributed by atoms with E-state index in [9.17, 15) is 17.6 Å². The number of nitrogens with two attached hydrogens (primary N) is 1. The fourth-order valence-corrected chi connectivity index (χ4v) is 1.33. The quantitative estimate of drug-likeness (QED) is 0.638. The van der Waals surface area contributed by atoms with Gasteiger partial charge in [0, 0.05) is 6.54 Å². The number of nitrogens with one attached hydrogen (secondary N) is 1. The van der Waals surface area contributed by atoms with Crippen molar-refractivity contribution in [1.29, 1.82) is 0 Å². The molecule has 96 valence electrons. The summed E-state index contributed by atoms with van der Waals surface area (Å²) in [4.78, 5) is 0. The standard InChI is InChI=1S/C10H11ClF4N2/c11-7-3-6(1-2-8(7)16)4-17-5-10(14,15)9(12)13/h1-3,9,17H,4-5,16H2. The van der Waals surface area contributed by atoms with Crippen molar-refractivity contribution < 1.29 is 17.6 Å². The number of nitrogen functional groups attached to an aromatic ring is 1. The van der Waals surface area contributed by atoms with Crippen LogP contribution < -0.4 is 11.1 Å². The van der Waals surface area contributed by atoms with Crippen LogP contribution in [0.2, 0.25) is 5.02 Å². The van der Waals surface area contributed by atoms with E-state index in [1.54, 1.807) is 6.07 Å². The van der Waals surface area contributed by atoms with Gasteiger partial charge in [0.25, 0.3) is 0 Å². The Bertz CT molecular complexity index is 385. The SMILES string of the molecule is Nc1ccc(CNCC(F)(F)C(F)F)cc1Cl. The van der Waals surface area contributed by atoms with Crippen molar-refractivity contribution in [2.45, 2.75) is 18.9 Å². The number of hydrogen-bond donors (Lipinski definition) is 2. The van der Waals surface area contributed by atoms with Crippen LogP contribution in [0.1, 0.15) is 5.56 Å². The van der Waals surface area contributed by atoms with E-state index in [2.05, 4.69) is 5.32 Å². The van der Waals surface area contributed by atoms with Crippen molar-refractivity contribution in [1.82, 2.24) is 5.32 Å². The third-order valence-corrected chi connectivity index (χ3v) is 2.40. The Morgan fingerprint density at radius 3 is 2.53 bits per heavy atom. The van der Waals surface area contributed by atoms with Crippen LogP contribution in [0, 0.1) is 0 Å². The molecule has 0 spiro atoms. The summed E-state index contributed by atoms with van der Waals surface area (Å²) < 4.78 is 48.7. The zero-order valence-electron chi connectivity index (χ0n) is 8.69. The Kier molecular flexibility index (Phi) is 4.59. The van der Waals surface area contributed by atoms with Crippen LogP contribution in [0.4, 0.5) is 23.2 Å². The highest BCUT2D eigenvalue weighted by atomic mass is 35.5. The minimum Gasteiger partial charge on any atom is -0.398 e. The minimum atomic E-state index is -4.03. The first-order valence-corrected chi connectivity index (χ1v) is 5.11. The molecule has 0 radical (unpaired) electrons. The number of benzene rings is 1. The summed E-state index contributed by atoms with van der Waals surface area (Å²) in [7, 11) is 0. The molecule has 0 aliphatic heterocycles. The lowest BCUT2D eigenvalue weighted by atomic mass is 10.2. The van der Waals surface area contributed by atoms with E-state index in [1.807, 2.05) is 0 Å². The van der Waals surface area contributed by atoms with Gasteiger partial charge in [-0.25, -0.2) is 8.78 Å². The van der Waals surface area contributed by atoms with E-state index >= 15 is 0 Å². The van der Waals surface area contributed by atoms with Gasteiger partial charge in [0.2, 0.25) is 0 Å². The fraction of sp³-hybridized carbons (Fsp3) is 0.400. The summed E-state index contributed by atoms with van der Waals surface area (Å²) in [5.41, 5.74) is 6.42. The molecule has 0 aromatic heterocycles. The average Bonchev–Trinajstić information content (AvgIpc) is 2.23. The van der Waals surface area contributed by atoms with Gasteiger partial charge in [-0.15, -0.1) is 0 Å². The Balaban J connectivity index is 2.49. The first-order chi connectivity index (χ1) is 7.83. The number of anilines is 1. The normalized spacial score (nSPS) is 12.1. The molecule has 0 aliphatic carbocycles. The lowest BCUT2D eigenvalue weighted by Crippen LogP contribution is -2.38. The van der Waals surface area contributed by atoms with Gasteiger partial charge in [0.15, 0.2) is 0 Å². The van der Waals surface area contributed by atoms with Gasteiger partial charge in [-0.05, 0) is 17.7 Å². The van der Waals surface area contributed by atoms with Gasteiger partial charge in [-0.2, -0.15) is 8.78 Å². The molecule has 0 saturated carbocycles. The maximum atomic E-state index is 12.5. The zero-order valence-corrected chi connectivity index (χ0v) is 9.45. The third-order valence-electron chi connectivity index (χ3n) is 2.07. The van der Waals surface area contributed by atoms with Gasteiger partial charge in [0.05, 0.1) is 17.3 Å². The monoisotopic (exact) mass is 270 g/mol. The second-order valence-corrected chi connectivity index (χ2v) is 3.93. The maximum Gasteiger partial charge on any atom is 0.319 e. The van der Waals surface area contributed by atoms with Gasteiger partial charge >= 0.3 is 12.3 Å². The summed E-state index contributed by atoms with van der Waals surface area (Å²) in [6.07, 6.45) is -3.68. The van der Waals surface area contributed by atoms with Gasteiger partial charge in [-0.1, -0.05) is 17.7 Å². The number of hydrogen-bond acceptors (Lipinski definition) is 2. The first-order valence-electron chi connectivity index (χ1n) is 4.73. The molecule has 0 saturated heterocycles. The van der Waals surface area contributed by atoms with Crippen molar-refractivity contribution in [2.75, 3.05) is 12.3 Å². The van der Waals surface area contributed by atoms with Crippen LogP contribution in [0.15, 0.2) is 18.2 Å². The fourth-order valence-electron chi connectivity index (χ4n) is 1.13. The summed E-state index contributed by atoms with van der Waals surface area (Å²) in [5, 5.41) is 2.54. The van der Waals surface area contributed by atoms with E-state index in [0.29, 0.717) is 16.3 Å². The molecule has 0 fully saturated rings.